The lowest BCUT2D eigenvalue weighted by molar-refractivity contribution is 0.0413. The minimum absolute atomic E-state index is 0.519. The normalized spacial score (nSPS) is 21.5. The van der Waals surface area contributed by atoms with Crippen LogP contribution >= 0.6 is 15.9 Å². The quantitative estimate of drug-likeness (QED) is 0.691. The number of hydrogen-bond acceptors (Lipinski definition) is 2. The highest BCUT2D eigenvalue weighted by Gasteiger charge is 2.17. The van der Waals surface area contributed by atoms with Crippen LogP contribution in [-0.4, -0.2) is 43.1 Å². The van der Waals surface area contributed by atoms with E-state index in [-0.39, 0.29) is 0 Å². The zero-order chi connectivity index (χ0) is 8.81. The van der Waals surface area contributed by atoms with Crippen molar-refractivity contribution >= 4 is 15.9 Å². The van der Waals surface area contributed by atoms with E-state index in [9.17, 15) is 0 Å². The number of methoxy groups -OCH3 is 1. The van der Waals surface area contributed by atoms with Crippen molar-refractivity contribution in [2.45, 2.75) is 25.4 Å². The summed E-state index contributed by atoms with van der Waals surface area (Å²) in [5, 5.41) is 1.12. The Kier molecular flexibility index (Phi) is 5.19. The van der Waals surface area contributed by atoms with Crippen LogP contribution in [0.5, 0.6) is 0 Å². The number of rotatable bonds is 4. The Morgan fingerprint density at radius 1 is 1.42 bits per heavy atom. The fraction of sp³-hybridized carbons (Fsp3) is 1.00. The first-order valence-corrected chi connectivity index (χ1v) is 5.80. The van der Waals surface area contributed by atoms with Crippen LogP contribution in [0.15, 0.2) is 0 Å². The topological polar surface area (TPSA) is 12.5 Å². The molecule has 1 rings (SSSR count). The van der Waals surface area contributed by atoms with Gasteiger partial charge in [0.15, 0.2) is 0 Å². The van der Waals surface area contributed by atoms with E-state index in [0.29, 0.717) is 6.10 Å². The van der Waals surface area contributed by atoms with Crippen molar-refractivity contribution in [1.82, 2.24) is 4.90 Å². The predicted octanol–water partition coefficient (Wildman–Crippen LogP) is 1.88. The van der Waals surface area contributed by atoms with Crippen molar-refractivity contribution in [2.24, 2.45) is 0 Å². The molecule has 1 aliphatic rings. The van der Waals surface area contributed by atoms with Crippen LogP contribution < -0.4 is 0 Å². The molecule has 0 N–H and O–H groups in total. The molecule has 0 atom stereocenters. The van der Waals surface area contributed by atoms with Gasteiger partial charge in [0.25, 0.3) is 0 Å². The monoisotopic (exact) mass is 235 g/mol. The van der Waals surface area contributed by atoms with Crippen LogP contribution in [0.1, 0.15) is 19.3 Å². The first-order chi connectivity index (χ1) is 5.86. The van der Waals surface area contributed by atoms with Crippen molar-refractivity contribution in [3.63, 3.8) is 0 Å². The summed E-state index contributed by atoms with van der Waals surface area (Å²) in [4.78, 5) is 2.52. The third-order valence-corrected chi connectivity index (χ3v) is 3.04. The lowest BCUT2D eigenvalue weighted by Gasteiger charge is -2.30. The number of ether oxygens (including phenoxy) is 1. The second kappa shape index (κ2) is 5.95. The van der Waals surface area contributed by atoms with E-state index in [1.165, 1.54) is 38.9 Å². The van der Waals surface area contributed by atoms with Gasteiger partial charge in [-0.25, -0.2) is 0 Å². The molecular formula is C9H18BrNO. The van der Waals surface area contributed by atoms with Gasteiger partial charge in [-0.2, -0.15) is 0 Å². The molecule has 0 spiro atoms. The van der Waals surface area contributed by atoms with Crippen LogP contribution in [0.25, 0.3) is 0 Å². The van der Waals surface area contributed by atoms with Gasteiger partial charge < -0.3 is 9.64 Å². The van der Waals surface area contributed by atoms with E-state index >= 15 is 0 Å². The molecule has 1 heterocycles. The number of likely N-dealkylation sites (tertiary alicyclic amines) is 1. The second-order valence-electron chi connectivity index (χ2n) is 3.32. The van der Waals surface area contributed by atoms with E-state index in [0.717, 1.165) is 5.33 Å². The molecule has 0 radical (unpaired) electrons. The fourth-order valence-corrected chi connectivity index (χ4v) is 1.90. The zero-order valence-electron chi connectivity index (χ0n) is 7.76. The molecule has 12 heavy (non-hydrogen) atoms. The lowest BCUT2D eigenvalue weighted by atomic mass is 10.1. The highest BCUT2D eigenvalue weighted by atomic mass is 79.9. The summed E-state index contributed by atoms with van der Waals surface area (Å²) in [6, 6.07) is 0. The molecule has 0 amide bonds. The Hall–Kier alpha value is 0.400. The van der Waals surface area contributed by atoms with Gasteiger partial charge in [0.05, 0.1) is 6.10 Å². The Morgan fingerprint density at radius 3 is 2.58 bits per heavy atom. The molecule has 1 aliphatic heterocycles. The Bertz CT molecular complexity index is 113. The van der Waals surface area contributed by atoms with Crippen molar-refractivity contribution < 1.29 is 4.74 Å². The SMILES string of the molecule is COC1CCN(CCCBr)CC1. The predicted molar refractivity (Wildman–Crippen MR) is 54.9 cm³/mol. The summed E-state index contributed by atoms with van der Waals surface area (Å²) in [7, 11) is 1.82. The van der Waals surface area contributed by atoms with E-state index < -0.39 is 0 Å². The zero-order valence-corrected chi connectivity index (χ0v) is 9.35. The van der Waals surface area contributed by atoms with Gasteiger partial charge in [-0.1, -0.05) is 15.9 Å². The Morgan fingerprint density at radius 2 is 2.08 bits per heavy atom. The maximum atomic E-state index is 5.31. The Labute approximate surface area is 83.4 Å². The summed E-state index contributed by atoms with van der Waals surface area (Å²) in [5.74, 6) is 0. The van der Waals surface area contributed by atoms with Crippen LogP contribution in [0.2, 0.25) is 0 Å². The number of nitrogens with zero attached hydrogens (tertiary/aromatic N) is 1. The molecule has 0 unspecified atom stereocenters. The standard InChI is InChI=1S/C9H18BrNO/c1-12-9-3-7-11(8-4-9)6-2-5-10/h9H,2-8H2,1H3. The highest BCUT2D eigenvalue weighted by molar-refractivity contribution is 9.09. The number of piperidine rings is 1. The maximum Gasteiger partial charge on any atom is 0.0595 e. The van der Waals surface area contributed by atoms with Gasteiger partial charge in [-0.05, 0) is 25.8 Å². The van der Waals surface area contributed by atoms with Gasteiger partial charge in [0, 0.05) is 25.5 Å². The van der Waals surface area contributed by atoms with Gasteiger partial charge in [0.2, 0.25) is 0 Å². The summed E-state index contributed by atoms with van der Waals surface area (Å²) in [6.07, 6.45) is 4.19. The summed E-state index contributed by atoms with van der Waals surface area (Å²) in [6.45, 7) is 3.67. The highest BCUT2D eigenvalue weighted by Crippen LogP contribution is 2.12. The average molecular weight is 236 g/mol. The van der Waals surface area contributed by atoms with Gasteiger partial charge in [-0.15, -0.1) is 0 Å². The molecule has 2 nitrogen and oxygen atoms in total. The first-order valence-electron chi connectivity index (χ1n) is 4.68. The van der Waals surface area contributed by atoms with Crippen LogP contribution in [0.4, 0.5) is 0 Å². The minimum atomic E-state index is 0.519. The smallest absolute Gasteiger partial charge is 0.0595 e. The van der Waals surface area contributed by atoms with Gasteiger partial charge >= 0.3 is 0 Å². The number of alkyl halides is 1. The third-order valence-electron chi connectivity index (χ3n) is 2.48. The van der Waals surface area contributed by atoms with Gasteiger partial charge in [-0.3, -0.25) is 0 Å². The number of halogens is 1. The molecule has 1 saturated heterocycles. The largest absolute Gasteiger partial charge is 0.381 e. The van der Waals surface area contributed by atoms with Gasteiger partial charge in [0.1, 0.15) is 0 Å². The fourth-order valence-electron chi connectivity index (χ4n) is 1.65. The molecule has 0 aliphatic carbocycles. The van der Waals surface area contributed by atoms with E-state index in [4.69, 9.17) is 4.74 Å². The molecule has 0 aromatic rings. The minimum Gasteiger partial charge on any atom is -0.381 e. The second-order valence-corrected chi connectivity index (χ2v) is 4.11. The van der Waals surface area contributed by atoms with Crippen molar-refractivity contribution in [3.05, 3.63) is 0 Å². The van der Waals surface area contributed by atoms with E-state index in [1.54, 1.807) is 0 Å². The molecule has 3 heteroatoms. The molecule has 0 bridgehead atoms. The lowest BCUT2D eigenvalue weighted by Crippen LogP contribution is -2.37. The maximum absolute atomic E-state index is 5.31. The molecule has 0 saturated carbocycles. The molecular weight excluding hydrogens is 218 g/mol. The summed E-state index contributed by atoms with van der Waals surface area (Å²) < 4.78 is 5.31. The van der Waals surface area contributed by atoms with E-state index in [2.05, 4.69) is 20.8 Å². The molecule has 72 valence electrons. The molecule has 0 aromatic heterocycles. The van der Waals surface area contributed by atoms with Crippen molar-refractivity contribution in [2.75, 3.05) is 32.1 Å². The average Bonchev–Trinajstić information content (AvgIpc) is 2.15. The molecule has 1 fully saturated rings. The van der Waals surface area contributed by atoms with Crippen LogP contribution in [0, 0.1) is 0 Å². The summed E-state index contributed by atoms with van der Waals surface area (Å²) >= 11 is 3.45. The number of hydrogen-bond donors (Lipinski definition) is 0. The third kappa shape index (κ3) is 3.42. The van der Waals surface area contributed by atoms with E-state index in [1.807, 2.05) is 7.11 Å². The van der Waals surface area contributed by atoms with Crippen LogP contribution in [0.3, 0.4) is 0 Å². The first kappa shape index (κ1) is 10.5. The molecule has 0 aromatic carbocycles. The Balaban J connectivity index is 2.09. The van der Waals surface area contributed by atoms with Crippen molar-refractivity contribution in [3.8, 4) is 0 Å². The van der Waals surface area contributed by atoms with Crippen molar-refractivity contribution in [1.29, 1.82) is 0 Å². The summed E-state index contributed by atoms with van der Waals surface area (Å²) in [5.41, 5.74) is 0. The van der Waals surface area contributed by atoms with Crippen LogP contribution in [-0.2, 0) is 4.74 Å².